The third kappa shape index (κ3) is 9.76. The molecule has 3 heteroatoms. The predicted octanol–water partition coefficient (Wildman–Crippen LogP) is 14.3. The first-order valence-electron chi connectivity index (χ1n) is 22.0. The van der Waals surface area contributed by atoms with Crippen LogP contribution in [-0.4, -0.2) is 13.1 Å². The van der Waals surface area contributed by atoms with Crippen molar-refractivity contribution in [3.05, 3.63) is 81.7 Å². The van der Waals surface area contributed by atoms with Gasteiger partial charge in [-0.25, -0.2) is 4.79 Å². The standard InChI is InChI=1S/C51H76O3/c1-31(2)39-22-19-36(9)27-44(39)48-42(25-18-34(7)15-13-16-35(8)30-47(52)53-12)49(45-28-37(10)20-23-40(45)32(3)4)50(51-43(48)17-14-26-54-51)46-29-38(11)21-24-41(46)33(5)6/h13-16,18,25-26,30-33,36-41,44-46H,17,19-24,27-29H2,1-12H3. The molecule has 9 atom stereocenters. The molecule has 3 fully saturated rings. The maximum Gasteiger partial charge on any atom is 0.330 e. The Morgan fingerprint density at radius 1 is 0.704 bits per heavy atom. The van der Waals surface area contributed by atoms with Gasteiger partial charge < -0.3 is 9.47 Å². The van der Waals surface area contributed by atoms with E-state index in [1.54, 1.807) is 28.3 Å². The van der Waals surface area contributed by atoms with E-state index >= 15 is 0 Å². The Kier molecular flexibility index (Phi) is 14.8. The van der Waals surface area contributed by atoms with Gasteiger partial charge in [0.1, 0.15) is 5.75 Å². The molecule has 1 heterocycles. The molecule has 0 spiro atoms. The minimum Gasteiger partial charge on any atom is -0.466 e. The van der Waals surface area contributed by atoms with Crippen LogP contribution < -0.4 is 4.74 Å². The van der Waals surface area contributed by atoms with Gasteiger partial charge in [0.05, 0.1) is 13.4 Å². The van der Waals surface area contributed by atoms with E-state index in [9.17, 15) is 4.79 Å². The van der Waals surface area contributed by atoms with Gasteiger partial charge in [-0.15, -0.1) is 0 Å². The summed E-state index contributed by atoms with van der Waals surface area (Å²) in [4.78, 5) is 11.8. The SMILES string of the molecule is COC(=O)C=C(C)C=CC=C(C)C=Cc1c(C2CC(C)CCC2C(C)C)c2c(c(C3CC(C)CCC3C(C)C)c1C1CC(C)CCC1C(C)C)OC=CC2. The lowest BCUT2D eigenvalue weighted by molar-refractivity contribution is -0.134. The highest BCUT2D eigenvalue weighted by Gasteiger charge is 2.44. The summed E-state index contributed by atoms with van der Waals surface area (Å²) >= 11 is 0. The van der Waals surface area contributed by atoms with Gasteiger partial charge in [0.25, 0.3) is 0 Å². The Bertz CT molecular complexity index is 1600. The topological polar surface area (TPSA) is 35.5 Å². The van der Waals surface area contributed by atoms with Crippen LogP contribution in [-0.2, 0) is 16.0 Å². The Morgan fingerprint density at radius 3 is 1.70 bits per heavy atom. The average molecular weight is 737 g/mol. The number of benzene rings is 1. The van der Waals surface area contributed by atoms with E-state index in [1.807, 2.05) is 19.3 Å². The lowest BCUT2D eigenvalue weighted by Crippen LogP contribution is -2.33. The number of hydrogen-bond acceptors (Lipinski definition) is 3. The molecule has 1 aromatic carbocycles. The van der Waals surface area contributed by atoms with Crippen molar-refractivity contribution >= 4 is 12.0 Å². The summed E-state index contributed by atoms with van der Waals surface area (Å²) in [5.74, 6) is 8.50. The van der Waals surface area contributed by atoms with Gasteiger partial charge in [-0.3, -0.25) is 0 Å². The van der Waals surface area contributed by atoms with E-state index in [0.717, 1.165) is 23.8 Å². The molecule has 54 heavy (non-hydrogen) atoms. The number of fused-ring (bicyclic) bond motifs is 1. The van der Waals surface area contributed by atoms with Crippen LogP contribution in [0.2, 0.25) is 0 Å². The molecule has 3 saturated carbocycles. The van der Waals surface area contributed by atoms with E-state index in [1.165, 1.54) is 81.8 Å². The van der Waals surface area contributed by atoms with E-state index in [4.69, 9.17) is 9.47 Å². The molecule has 298 valence electrons. The summed E-state index contributed by atoms with van der Waals surface area (Å²) in [7, 11) is 1.42. The highest BCUT2D eigenvalue weighted by atomic mass is 16.5. The second-order valence-corrected chi connectivity index (χ2v) is 19.5. The minimum atomic E-state index is -0.319. The zero-order valence-electron chi connectivity index (χ0n) is 36.3. The van der Waals surface area contributed by atoms with Gasteiger partial charge in [0, 0.05) is 17.2 Å². The predicted molar refractivity (Wildman–Crippen MR) is 230 cm³/mol. The molecule has 4 aliphatic rings. The highest BCUT2D eigenvalue weighted by molar-refractivity contribution is 5.83. The van der Waals surface area contributed by atoms with Crippen LogP contribution in [0.5, 0.6) is 5.75 Å². The van der Waals surface area contributed by atoms with Crippen molar-refractivity contribution in [3.63, 3.8) is 0 Å². The third-order valence-corrected chi connectivity index (χ3v) is 14.3. The van der Waals surface area contributed by atoms with Gasteiger partial charge in [0.15, 0.2) is 0 Å². The molecule has 9 unspecified atom stereocenters. The van der Waals surface area contributed by atoms with Gasteiger partial charge in [-0.2, -0.15) is 0 Å². The van der Waals surface area contributed by atoms with Crippen LogP contribution in [0.4, 0.5) is 0 Å². The molecule has 5 rings (SSSR count). The third-order valence-electron chi connectivity index (χ3n) is 14.3. The van der Waals surface area contributed by atoms with Crippen LogP contribution in [0.15, 0.2) is 53.9 Å². The van der Waals surface area contributed by atoms with Gasteiger partial charge in [0.2, 0.25) is 0 Å². The molecule has 0 bridgehead atoms. The van der Waals surface area contributed by atoms with Crippen LogP contribution >= 0.6 is 0 Å². The molecule has 1 aliphatic heterocycles. The van der Waals surface area contributed by atoms with Crippen molar-refractivity contribution in [1.82, 2.24) is 0 Å². The van der Waals surface area contributed by atoms with Gasteiger partial charge in [-0.05, 0) is 158 Å². The molecule has 3 aliphatic carbocycles. The number of ether oxygens (including phenoxy) is 2. The Balaban J connectivity index is 1.85. The second-order valence-electron chi connectivity index (χ2n) is 19.5. The van der Waals surface area contributed by atoms with Crippen LogP contribution in [0, 0.1) is 53.3 Å². The van der Waals surface area contributed by atoms with Crippen molar-refractivity contribution < 1.29 is 14.3 Å². The first kappa shape index (κ1) is 42.3. The lowest BCUT2D eigenvalue weighted by atomic mass is 9.59. The number of methoxy groups -OCH3 is 1. The van der Waals surface area contributed by atoms with Crippen molar-refractivity contribution in [2.24, 2.45) is 53.3 Å². The molecule has 0 N–H and O–H groups in total. The molecule has 0 aromatic heterocycles. The van der Waals surface area contributed by atoms with E-state index in [-0.39, 0.29) is 5.97 Å². The number of hydrogen-bond donors (Lipinski definition) is 0. The fraction of sp³-hybridized carbons (Fsp3) is 0.667. The Morgan fingerprint density at radius 2 is 1.20 bits per heavy atom. The van der Waals surface area contributed by atoms with Gasteiger partial charge >= 0.3 is 5.97 Å². The van der Waals surface area contributed by atoms with E-state index < -0.39 is 0 Å². The number of carbonyl (C=O) groups is 1. The normalized spacial score (nSPS) is 31.1. The highest BCUT2D eigenvalue weighted by Crippen LogP contribution is 2.58. The lowest BCUT2D eigenvalue weighted by Gasteiger charge is -2.46. The van der Waals surface area contributed by atoms with Crippen molar-refractivity contribution in [2.75, 3.05) is 7.11 Å². The van der Waals surface area contributed by atoms with E-state index in [0.29, 0.717) is 59.2 Å². The summed E-state index contributed by atoms with van der Waals surface area (Å²) in [6.45, 7) is 26.6. The summed E-state index contributed by atoms with van der Waals surface area (Å²) in [6.07, 6.45) is 29.8. The second kappa shape index (κ2) is 18.9. The van der Waals surface area contributed by atoms with Crippen LogP contribution in [0.3, 0.4) is 0 Å². The molecule has 0 saturated heterocycles. The van der Waals surface area contributed by atoms with Crippen molar-refractivity contribution in [1.29, 1.82) is 0 Å². The molecule has 3 nitrogen and oxygen atoms in total. The average Bonchev–Trinajstić information content (AvgIpc) is 3.12. The number of rotatable bonds is 11. The smallest absolute Gasteiger partial charge is 0.330 e. The number of carbonyl (C=O) groups excluding carboxylic acids is 1. The molecular formula is C51H76O3. The fourth-order valence-corrected chi connectivity index (χ4v) is 11.4. The fourth-order valence-electron chi connectivity index (χ4n) is 11.4. The monoisotopic (exact) mass is 737 g/mol. The zero-order chi connectivity index (χ0) is 39.3. The first-order chi connectivity index (χ1) is 25.7. The van der Waals surface area contributed by atoms with Crippen LogP contribution in [0.1, 0.15) is 180 Å². The summed E-state index contributed by atoms with van der Waals surface area (Å²) < 4.78 is 11.9. The maximum atomic E-state index is 11.8. The zero-order valence-corrected chi connectivity index (χ0v) is 36.3. The van der Waals surface area contributed by atoms with Crippen LogP contribution in [0.25, 0.3) is 6.08 Å². The number of allylic oxidation sites excluding steroid dienone is 7. The minimum absolute atomic E-state index is 0.319. The number of esters is 1. The maximum absolute atomic E-state index is 11.8. The molecule has 1 aromatic rings. The van der Waals surface area contributed by atoms with E-state index in [2.05, 4.69) is 99.6 Å². The molecule has 0 radical (unpaired) electrons. The van der Waals surface area contributed by atoms with Crippen molar-refractivity contribution in [2.45, 2.75) is 158 Å². The first-order valence-corrected chi connectivity index (χ1v) is 22.0. The molecular weight excluding hydrogens is 661 g/mol. The largest absolute Gasteiger partial charge is 0.466 e. The summed E-state index contributed by atoms with van der Waals surface area (Å²) in [6, 6.07) is 0. The van der Waals surface area contributed by atoms with Crippen molar-refractivity contribution in [3.8, 4) is 5.75 Å². The Hall–Kier alpha value is -2.81. The quantitative estimate of drug-likeness (QED) is 0.129. The van der Waals surface area contributed by atoms with Gasteiger partial charge in [-0.1, -0.05) is 118 Å². The molecule has 0 amide bonds. The Labute approximate surface area is 331 Å². The summed E-state index contributed by atoms with van der Waals surface area (Å²) in [5.41, 5.74) is 10.0. The summed E-state index contributed by atoms with van der Waals surface area (Å²) in [5, 5.41) is 0.